The molecule has 0 unspecified atom stereocenters. The SMILES string of the molecule is C=CCC1(NCc2ccccc2)CCC2(CC1)OCCc1c2[nH]c2ccc(F)cc12. The summed E-state index contributed by atoms with van der Waals surface area (Å²) in [5, 5.41) is 4.86. The summed E-state index contributed by atoms with van der Waals surface area (Å²) in [6, 6.07) is 15.6. The monoisotopic (exact) mass is 404 g/mol. The summed E-state index contributed by atoms with van der Waals surface area (Å²) in [4.78, 5) is 3.59. The Bertz CT molecular complexity index is 1050. The number of nitrogens with one attached hydrogen (secondary N) is 2. The first-order valence-electron chi connectivity index (χ1n) is 11.0. The first-order chi connectivity index (χ1) is 14.6. The fourth-order valence-electron chi connectivity index (χ4n) is 5.43. The molecule has 2 aliphatic rings. The van der Waals surface area contributed by atoms with Crippen molar-refractivity contribution in [2.24, 2.45) is 0 Å². The number of fused-ring (bicyclic) bond motifs is 4. The van der Waals surface area contributed by atoms with Gasteiger partial charge in [0.05, 0.1) is 12.3 Å². The van der Waals surface area contributed by atoms with Crippen molar-refractivity contribution in [1.82, 2.24) is 10.3 Å². The molecule has 2 N–H and O–H groups in total. The Morgan fingerprint density at radius 1 is 1.10 bits per heavy atom. The second-order valence-corrected chi connectivity index (χ2v) is 8.87. The van der Waals surface area contributed by atoms with Crippen LogP contribution in [0.2, 0.25) is 0 Å². The Balaban J connectivity index is 1.40. The largest absolute Gasteiger partial charge is 0.368 e. The quantitative estimate of drug-likeness (QED) is 0.531. The zero-order valence-corrected chi connectivity index (χ0v) is 17.3. The number of rotatable bonds is 5. The number of hydrogen-bond donors (Lipinski definition) is 2. The molecule has 5 rings (SSSR count). The van der Waals surface area contributed by atoms with Crippen molar-refractivity contribution in [3.63, 3.8) is 0 Å². The van der Waals surface area contributed by atoms with Gasteiger partial charge in [-0.25, -0.2) is 4.39 Å². The molecule has 30 heavy (non-hydrogen) atoms. The van der Waals surface area contributed by atoms with E-state index in [0.717, 1.165) is 56.0 Å². The molecule has 4 heteroatoms. The maximum absolute atomic E-state index is 13.9. The number of ether oxygens (including phenoxy) is 1. The van der Waals surface area contributed by atoms with Crippen molar-refractivity contribution >= 4 is 10.9 Å². The minimum Gasteiger partial charge on any atom is -0.368 e. The summed E-state index contributed by atoms with van der Waals surface area (Å²) in [5.74, 6) is -0.177. The van der Waals surface area contributed by atoms with Gasteiger partial charge in [0.25, 0.3) is 0 Å². The van der Waals surface area contributed by atoms with Crippen LogP contribution >= 0.6 is 0 Å². The lowest BCUT2D eigenvalue weighted by Crippen LogP contribution is -2.52. The highest BCUT2D eigenvalue weighted by atomic mass is 19.1. The van der Waals surface area contributed by atoms with Gasteiger partial charge >= 0.3 is 0 Å². The summed E-state index contributed by atoms with van der Waals surface area (Å²) < 4.78 is 20.3. The molecule has 0 radical (unpaired) electrons. The molecular formula is C26H29FN2O. The number of aromatic amines is 1. The van der Waals surface area contributed by atoms with Crippen LogP contribution in [0.1, 0.15) is 48.9 Å². The summed E-state index contributed by atoms with van der Waals surface area (Å²) in [6.45, 7) is 5.58. The minimum atomic E-state index is -0.290. The highest BCUT2D eigenvalue weighted by Crippen LogP contribution is 2.49. The smallest absolute Gasteiger partial charge is 0.123 e. The van der Waals surface area contributed by atoms with Crippen LogP contribution in [-0.4, -0.2) is 17.1 Å². The van der Waals surface area contributed by atoms with Crippen LogP contribution in [0.5, 0.6) is 0 Å². The number of aromatic nitrogens is 1. The number of H-pyrrole nitrogens is 1. The Morgan fingerprint density at radius 3 is 2.67 bits per heavy atom. The van der Waals surface area contributed by atoms with Gasteiger partial charge in [-0.1, -0.05) is 36.4 Å². The molecule has 3 nitrogen and oxygen atoms in total. The van der Waals surface area contributed by atoms with Crippen LogP contribution in [0, 0.1) is 5.82 Å². The maximum atomic E-state index is 13.9. The van der Waals surface area contributed by atoms with Crippen LogP contribution in [0.15, 0.2) is 61.2 Å². The summed E-state index contributed by atoms with van der Waals surface area (Å²) in [5.41, 5.74) is 4.48. The molecule has 1 saturated carbocycles. The van der Waals surface area contributed by atoms with Gasteiger partial charge in [-0.05, 0) is 67.9 Å². The summed E-state index contributed by atoms with van der Waals surface area (Å²) in [6.07, 6.45) is 7.76. The van der Waals surface area contributed by atoms with Crippen LogP contribution < -0.4 is 5.32 Å². The van der Waals surface area contributed by atoms with Gasteiger partial charge < -0.3 is 15.0 Å². The van der Waals surface area contributed by atoms with Gasteiger partial charge in [0.1, 0.15) is 11.4 Å². The zero-order chi connectivity index (χ0) is 20.6. The lowest BCUT2D eigenvalue weighted by Gasteiger charge is -2.48. The zero-order valence-electron chi connectivity index (χ0n) is 17.3. The molecule has 0 saturated heterocycles. The van der Waals surface area contributed by atoms with Gasteiger partial charge in [-0.15, -0.1) is 6.58 Å². The molecule has 1 aliphatic carbocycles. The number of hydrogen-bond acceptors (Lipinski definition) is 2. The highest BCUT2D eigenvalue weighted by Gasteiger charge is 2.47. The molecule has 1 spiro atoms. The van der Waals surface area contributed by atoms with Crippen molar-refractivity contribution < 1.29 is 9.13 Å². The summed E-state index contributed by atoms with van der Waals surface area (Å²) in [7, 11) is 0. The van der Waals surface area contributed by atoms with E-state index in [1.54, 1.807) is 6.07 Å². The fraction of sp³-hybridized carbons (Fsp3) is 0.385. The molecule has 2 aromatic carbocycles. The van der Waals surface area contributed by atoms with Crippen molar-refractivity contribution in [3.05, 3.63) is 83.8 Å². The molecule has 0 atom stereocenters. The molecule has 2 heterocycles. The molecule has 0 amide bonds. The van der Waals surface area contributed by atoms with E-state index in [1.807, 2.05) is 12.1 Å². The second kappa shape index (κ2) is 7.68. The van der Waals surface area contributed by atoms with E-state index in [2.05, 4.69) is 47.2 Å². The van der Waals surface area contributed by atoms with Gasteiger partial charge in [0.15, 0.2) is 0 Å². The van der Waals surface area contributed by atoms with E-state index in [0.29, 0.717) is 6.61 Å². The van der Waals surface area contributed by atoms with E-state index in [1.165, 1.54) is 22.9 Å². The maximum Gasteiger partial charge on any atom is 0.123 e. The number of halogens is 1. The van der Waals surface area contributed by atoms with E-state index >= 15 is 0 Å². The highest BCUT2D eigenvalue weighted by molar-refractivity contribution is 5.85. The van der Waals surface area contributed by atoms with Crippen molar-refractivity contribution in [2.75, 3.05) is 6.61 Å². The first kappa shape index (κ1) is 19.5. The van der Waals surface area contributed by atoms with Gasteiger partial charge in [-0.2, -0.15) is 0 Å². The third kappa shape index (κ3) is 3.38. The molecule has 156 valence electrons. The third-order valence-corrected chi connectivity index (χ3v) is 7.11. The molecule has 0 bridgehead atoms. The lowest BCUT2D eigenvalue weighted by atomic mass is 9.69. The topological polar surface area (TPSA) is 37.0 Å². The molecule has 1 aliphatic heterocycles. The minimum absolute atomic E-state index is 0.0436. The van der Waals surface area contributed by atoms with Crippen LogP contribution in [0.25, 0.3) is 10.9 Å². The lowest BCUT2D eigenvalue weighted by molar-refractivity contribution is -0.101. The van der Waals surface area contributed by atoms with Crippen molar-refractivity contribution in [3.8, 4) is 0 Å². The Labute approximate surface area is 177 Å². The average molecular weight is 405 g/mol. The van der Waals surface area contributed by atoms with E-state index in [9.17, 15) is 4.39 Å². The Morgan fingerprint density at radius 2 is 1.90 bits per heavy atom. The second-order valence-electron chi connectivity index (χ2n) is 8.87. The first-order valence-corrected chi connectivity index (χ1v) is 11.0. The van der Waals surface area contributed by atoms with Gasteiger partial charge in [0.2, 0.25) is 0 Å². The summed E-state index contributed by atoms with van der Waals surface area (Å²) >= 11 is 0. The van der Waals surface area contributed by atoms with E-state index in [4.69, 9.17) is 4.74 Å². The average Bonchev–Trinajstić information content (AvgIpc) is 3.15. The standard InChI is InChI=1S/C26H29FN2O/c1-2-11-25(28-18-19-6-4-3-5-7-19)12-14-26(15-13-25)24-21(10-16-30-26)22-17-20(27)8-9-23(22)29-24/h2-9,17,28-29H,1,10-16,18H2. The predicted molar refractivity (Wildman–Crippen MR) is 119 cm³/mol. The number of benzene rings is 2. The van der Waals surface area contributed by atoms with Crippen LogP contribution in [-0.2, 0) is 23.3 Å². The van der Waals surface area contributed by atoms with Crippen molar-refractivity contribution in [2.45, 2.75) is 56.2 Å². The van der Waals surface area contributed by atoms with E-state index < -0.39 is 0 Å². The van der Waals surface area contributed by atoms with E-state index in [-0.39, 0.29) is 17.0 Å². The Kier molecular flexibility index (Phi) is 5.00. The third-order valence-electron chi connectivity index (χ3n) is 7.11. The van der Waals surface area contributed by atoms with Crippen LogP contribution in [0.3, 0.4) is 0 Å². The fourth-order valence-corrected chi connectivity index (χ4v) is 5.43. The molecule has 1 aromatic heterocycles. The molecular weight excluding hydrogens is 375 g/mol. The van der Waals surface area contributed by atoms with Crippen LogP contribution in [0.4, 0.5) is 4.39 Å². The predicted octanol–water partition coefficient (Wildman–Crippen LogP) is 5.75. The molecule has 3 aromatic rings. The normalized spacial score (nSPS) is 26.0. The molecule has 1 fully saturated rings. The van der Waals surface area contributed by atoms with Gasteiger partial charge in [0, 0.05) is 23.0 Å². The van der Waals surface area contributed by atoms with Gasteiger partial charge in [-0.3, -0.25) is 0 Å². The van der Waals surface area contributed by atoms with Crippen molar-refractivity contribution in [1.29, 1.82) is 0 Å². The Hall–Kier alpha value is -2.43.